The molecule has 0 radical (unpaired) electrons. The topological polar surface area (TPSA) is 35.5 Å². The average molecular weight is 436 g/mol. The molecule has 2 atom stereocenters. The molecule has 5 heteroatoms. The maximum absolute atomic E-state index is 12.5. The summed E-state index contributed by atoms with van der Waals surface area (Å²) < 4.78 is 24.6. The van der Waals surface area contributed by atoms with Crippen molar-refractivity contribution in [2.75, 3.05) is 19.4 Å². The number of hydrogen-bond acceptors (Lipinski definition) is 3. The number of rotatable bonds is 8. The zero-order valence-electron chi connectivity index (χ0n) is 13.5. The first-order valence-corrected chi connectivity index (χ1v) is 11.0. The second-order valence-corrected chi connectivity index (χ2v) is 9.32. The quantitative estimate of drug-likeness (QED) is 0.380. The van der Waals surface area contributed by atoms with Crippen LogP contribution in [-0.4, -0.2) is 19.4 Å². The molecular weight excluding hydrogens is 410 g/mol. The van der Waals surface area contributed by atoms with Crippen LogP contribution in [0.3, 0.4) is 0 Å². The number of halogens is 1. The van der Waals surface area contributed by atoms with Gasteiger partial charge in [0.15, 0.2) is 0 Å². The summed E-state index contributed by atoms with van der Waals surface area (Å²) in [6, 6.07) is 8.86. The average Bonchev–Trinajstić information content (AvgIpc) is 2.96. The van der Waals surface area contributed by atoms with Gasteiger partial charge >= 0.3 is 7.60 Å². The van der Waals surface area contributed by atoms with Crippen LogP contribution in [0.4, 0.5) is 0 Å². The van der Waals surface area contributed by atoms with Crippen molar-refractivity contribution in [2.45, 2.75) is 45.4 Å². The van der Waals surface area contributed by atoms with Crippen LogP contribution in [0.25, 0.3) is 0 Å². The maximum atomic E-state index is 12.5. The lowest BCUT2D eigenvalue weighted by Gasteiger charge is -2.19. The molecule has 0 aromatic heterocycles. The lowest BCUT2D eigenvalue weighted by Crippen LogP contribution is -2.05. The van der Waals surface area contributed by atoms with Gasteiger partial charge in [-0.3, -0.25) is 4.57 Å². The van der Waals surface area contributed by atoms with Gasteiger partial charge in [-0.2, -0.15) is 0 Å². The summed E-state index contributed by atoms with van der Waals surface area (Å²) >= 11 is 2.34. The molecule has 0 amide bonds. The minimum Gasteiger partial charge on any atom is -0.309 e. The number of benzene rings is 1. The fourth-order valence-corrected chi connectivity index (χ4v) is 5.44. The normalized spacial score (nSPS) is 22.1. The summed E-state index contributed by atoms with van der Waals surface area (Å²) in [6.07, 6.45) is 5.14. The Bertz CT molecular complexity index is 493. The molecule has 1 aliphatic rings. The molecule has 2 rings (SSSR count). The van der Waals surface area contributed by atoms with E-state index in [9.17, 15) is 4.57 Å². The van der Waals surface area contributed by atoms with Crippen LogP contribution in [0.5, 0.6) is 0 Å². The highest BCUT2D eigenvalue weighted by Crippen LogP contribution is 2.51. The van der Waals surface area contributed by atoms with Crippen LogP contribution in [-0.2, 0) is 13.6 Å². The predicted octanol–water partition coefficient (Wildman–Crippen LogP) is 5.83. The molecule has 0 saturated heterocycles. The third kappa shape index (κ3) is 5.33. The van der Waals surface area contributed by atoms with Gasteiger partial charge in [0, 0.05) is 3.57 Å². The summed E-state index contributed by atoms with van der Waals surface area (Å²) in [7, 11) is -2.87. The molecule has 0 heterocycles. The standard InChI is InChI=1S/C17H26IO3P/c1-3-20-22(19,21-4-2)12-11-14-5-6-16(13-14)15-7-9-17(18)10-8-15/h7-10,14,16H,3-6,11-13H2,1-2H3/t14?,16-/m0/s1. The lowest BCUT2D eigenvalue weighted by molar-refractivity contribution is 0.218. The molecule has 124 valence electrons. The van der Waals surface area contributed by atoms with E-state index < -0.39 is 7.60 Å². The first-order chi connectivity index (χ1) is 10.6. The van der Waals surface area contributed by atoms with Gasteiger partial charge in [-0.15, -0.1) is 0 Å². The Labute approximate surface area is 147 Å². The second kappa shape index (κ2) is 8.81. The van der Waals surface area contributed by atoms with Crippen molar-refractivity contribution in [1.82, 2.24) is 0 Å². The molecule has 1 saturated carbocycles. The second-order valence-electron chi connectivity index (χ2n) is 5.89. The Balaban J connectivity index is 1.85. The van der Waals surface area contributed by atoms with Gasteiger partial charge in [0.05, 0.1) is 19.4 Å². The van der Waals surface area contributed by atoms with Gasteiger partial charge in [0.2, 0.25) is 0 Å². The molecule has 3 nitrogen and oxygen atoms in total. The van der Waals surface area contributed by atoms with E-state index in [2.05, 4.69) is 46.9 Å². The molecule has 1 aromatic rings. The molecule has 1 unspecified atom stereocenters. The first-order valence-electron chi connectivity index (χ1n) is 8.20. The maximum Gasteiger partial charge on any atom is 0.330 e. The van der Waals surface area contributed by atoms with Gasteiger partial charge in [0.25, 0.3) is 0 Å². The van der Waals surface area contributed by atoms with Gasteiger partial charge in [-0.05, 0) is 91.7 Å². The molecule has 0 spiro atoms. The van der Waals surface area contributed by atoms with Gasteiger partial charge < -0.3 is 9.05 Å². The predicted molar refractivity (Wildman–Crippen MR) is 99.6 cm³/mol. The summed E-state index contributed by atoms with van der Waals surface area (Å²) in [4.78, 5) is 0. The van der Waals surface area contributed by atoms with Crippen LogP contribution < -0.4 is 0 Å². The molecule has 22 heavy (non-hydrogen) atoms. The summed E-state index contributed by atoms with van der Waals surface area (Å²) in [5.41, 5.74) is 1.45. The summed E-state index contributed by atoms with van der Waals surface area (Å²) in [6.45, 7) is 4.64. The molecule has 0 bridgehead atoms. The highest BCUT2D eigenvalue weighted by Gasteiger charge is 2.30. The van der Waals surface area contributed by atoms with E-state index >= 15 is 0 Å². The number of hydrogen-bond donors (Lipinski definition) is 0. The van der Waals surface area contributed by atoms with Crippen molar-refractivity contribution in [3.8, 4) is 0 Å². The van der Waals surface area contributed by atoms with E-state index in [0.29, 0.717) is 31.2 Å². The summed E-state index contributed by atoms with van der Waals surface area (Å²) in [5, 5.41) is 0. The van der Waals surface area contributed by atoms with Crippen molar-refractivity contribution in [1.29, 1.82) is 0 Å². The Hall–Kier alpha value is 0.1000. The molecule has 1 aromatic carbocycles. The van der Waals surface area contributed by atoms with Crippen molar-refractivity contribution >= 4 is 30.2 Å². The minimum atomic E-state index is -2.87. The summed E-state index contributed by atoms with van der Waals surface area (Å²) in [5.74, 6) is 1.29. The SMILES string of the molecule is CCOP(=O)(CCC1CC[C@H](c2ccc(I)cc2)C1)OCC. The van der Waals surface area contributed by atoms with E-state index in [-0.39, 0.29) is 0 Å². The molecule has 0 N–H and O–H groups in total. The first kappa shape index (κ1) is 18.4. The van der Waals surface area contributed by atoms with Crippen LogP contribution in [0.1, 0.15) is 51.0 Å². The van der Waals surface area contributed by atoms with E-state index in [1.807, 2.05) is 13.8 Å². The van der Waals surface area contributed by atoms with Crippen LogP contribution in [0.15, 0.2) is 24.3 Å². The van der Waals surface area contributed by atoms with Gasteiger partial charge in [0.1, 0.15) is 0 Å². The fourth-order valence-electron chi connectivity index (χ4n) is 3.28. The monoisotopic (exact) mass is 436 g/mol. The largest absolute Gasteiger partial charge is 0.330 e. The van der Waals surface area contributed by atoms with E-state index in [0.717, 1.165) is 6.42 Å². The smallest absolute Gasteiger partial charge is 0.309 e. The van der Waals surface area contributed by atoms with Crippen molar-refractivity contribution in [3.05, 3.63) is 33.4 Å². The Morgan fingerprint density at radius 3 is 2.36 bits per heavy atom. The van der Waals surface area contributed by atoms with Crippen molar-refractivity contribution < 1.29 is 13.6 Å². The zero-order chi connectivity index (χ0) is 16.0. The highest BCUT2D eigenvalue weighted by atomic mass is 127. The fraction of sp³-hybridized carbons (Fsp3) is 0.647. The van der Waals surface area contributed by atoms with E-state index in [4.69, 9.17) is 9.05 Å². The Morgan fingerprint density at radius 2 is 1.77 bits per heavy atom. The Morgan fingerprint density at radius 1 is 1.14 bits per heavy atom. The van der Waals surface area contributed by atoms with Gasteiger partial charge in [-0.1, -0.05) is 12.1 Å². The molecule has 1 fully saturated rings. The van der Waals surface area contributed by atoms with Crippen LogP contribution >= 0.6 is 30.2 Å². The highest BCUT2D eigenvalue weighted by molar-refractivity contribution is 14.1. The third-order valence-corrected chi connectivity index (χ3v) is 7.17. The Kier molecular flexibility index (Phi) is 7.39. The molecule has 0 aliphatic heterocycles. The molecular formula is C17H26IO3P. The molecule has 1 aliphatic carbocycles. The minimum absolute atomic E-state index is 0.452. The van der Waals surface area contributed by atoms with Crippen molar-refractivity contribution in [3.63, 3.8) is 0 Å². The van der Waals surface area contributed by atoms with E-state index in [1.165, 1.54) is 28.4 Å². The van der Waals surface area contributed by atoms with Crippen molar-refractivity contribution in [2.24, 2.45) is 5.92 Å². The van der Waals surface area contributed by atoms with Crippen LogP contribution in [0, 0.1) is 9.49 Å². The van der Waals surface area contributed by atoms with E-state index in [1.54, 1.807) is 0 Å². The third-order valence-electron chi connectivity index (χ3n) is 4.35. The van der Waals surface area contributed by atoms with Gasteiger partial charge in [-0.25, -0.2) is 0 Å². The lowest BCUT2D eigenvalue weighted by atomic mass is 9.96. The zero-order valence-corrected chi connectivity index (χ0v) is 16.5. The van der Waals surface area contributed by atoms with Crippen LogP contribution in [0.2, 0.25) is 0 Å².